The molecule has 0 fully saturated rings. The second-order valence-electron chi connectivity index (χ2n) is 9.88. The number of hydrogen-bond donors (Lipinski definition) is 1. The Hall–Kier alpha value is -3.60. The molecular weight excluding hydrogens is 443 g/mol. The summed E-state index contributed by atoms with van der Waals surface area (Å²) in [6.45, 7) is 10.5. The van der Waals surface area contributed by atoms with Gasteiger partial charge in [0.2, 0.25) is 0 Å². The Morgan fingerprint density at radius 1 is 1.06 bits per heavy atom. The van der Waals surface area contributed by atoms with Crippen molar-refractivity contribution in [2.75, 3.05) is 7.11 Å². The summed E-state index contributed by atoms with van der Waals surface area (Å²) in [5.74, 6) is -0.139. The molecule has 0 bridgehead atoms. The van der Waals surface area contributed by atoms with Gasteiger partial charge in [-0.2, -0.15) is 0 Å². The number of allylic oxidation sites excluding steroid dienone is 1. The number of ether oxygens (including phenoxy) is 2. The van der Waals surface area contributed by atoms with Crippen LogP contribution in [0.25, 0.3) is 11.1 Å². The molecule has 35 heavy (non-hydrogen) atoms. The Labute approximate surface area is 207 Å². The highest BCUT2D eigenvalue weighted by Gasteiger charge is 2.18. The number of hydrogen-bond acceptors (Lipinski definition) is 3. The molecule has 3 aromatic carbocycles. The Bertz CT molecular complexity index is 1190. The van der Waals surface area contributed by atoms with E-state index >= 15 is 0 Å². The van der Waals surface area contributed by atoms with Crippen molar-refractivity contribution < 1.29 is 23.8 Å². The average Bonchev–Trinajstić information content (AvgIpc) is 2.81. The fourth-order valence-corrected chi connectivity index (χ4v) is 4.08. The zero-order chi connectivity index (χ0) is 25.6. The van der Waals surface area contributed by atoms with Crippen molar-refractivity contribution in [1.29, 1.82) is 0 Å². The molecule has 0 aliphatic carbocycles. The number of rotatable bonds is 10. The highest BCUT2D eigenvalue weighted by molar-refractivity contribution is 5.70. The van der Waals surface area contributed by atoms with E-state index in [4.69, 9.17) is 14.6 Å². The molecule has 1 N–H and O–H groups in total. The first-order valence-electron chi connectivity index (χ1n) is 11.6. The molecule has 1 unspecified atom stereocenters. The van der Waals surface area contributed by atoms with Crippen LogP contribution in [-0.2, 0) is 17.8 Å². The van der Waals surface area contributed by atoms with Crippen molar-refractivity contribution in [2.45, 2.75) is 46.1 Å². The predicted molar refractivity (Wildman–Crippen MR) is 138 cm³/mol. The summed E-state index contributed by atoms with van der Waals surface area (Å²) in [4.78, 5) is 11.2. The summed E-state index contributed by atoms with van der Waals surface area (Å²) in [6.07, 6.45) is 2.39. The van der Waals surface area contributed by atoms with E-state index in [1.165, 1.54) is 6.07 Å². The van der Waals surface area contributed by atoms with Crippen LogP contribution >= 0.6 is 0 Å². The molecule has 0 amide bonds. The lowest BCUT2D eigenvalue weighted by Crippen LogP contribution is -2.10. The van der Waals surface area contributed by atoms with Crippen molar-refractivity contribution in [3.63, 3.8) is 0 Å². The Morgan fingerprint density at radius 2 is 1.80 bits per heavy atom. The molecule has 5 heteroatoms. The van der Waals surface area contributed by atoms with Crippen LogP contribution < -0.4 is 9.47 Å². The van der Waals surface area contributed by atoms with Gasteiger partial charge >= 0.3 is 5.97 Å². The van der Waals surface area contributed by atoms with Crippen molar-refractivity contribution >= 4 is 5.97 Å². The van der Waals surface area contributed by atoms with E-state index in [1.807, 2.05) is 42.5 Å². The number of carbonyl (C=O) groups is 1. The van der Waals surface area contributed by atoms with E-state index in [-0.39, 0.29) is 23.6 Å². The highest BCUT2D eigenvalue weighted by Crippen LogP contribution is 2.35. The lowest BCUT2D eigenvalue weighted by atomic mass is 9.84. The van der Waals surface area contributed by atoms with Gasteiger partial charge in [-0.05, 0) is 64.4 Å². The first kappa shape index (κ1) is 26.0. The van der Waals surface area contributed by atoms with Gasteiger partial charge in [-0.1, -0.05) is 57.2 Å². The standard InChI is InChI=1S/C30H33FO4/c1-6-21(16-29(32)33)22-9-7-8-20(14-22)19-35-25-10-12-26(23(15-25)18-30(2,3)4)27-17-24(34-5)11-13-28(27)31/h6-15,17,21H,1,16,18-19H2,2-5H3,(H,32,33). The molecule has 0 aliphatic rings. The van der Waals surface area contributed by atoms with Gasteiger partial charge in [0.15, 0.2) is 0 Å². The number of carboxylic acids is 1. The van der Waals surface area contributed by atoms with E-state index in [9.17, 15) is 9.18 Å². The minimum absolute atomic E-state index is 0.00767. The zero-order valence-electron chi connectivity index (χ0n) is 20.8. The second-order valence-corrected chi connectivity index (χ2v) is 9.88. The Kier molecular flexibility index (Phi) is 8.34. The van der Waals surface area contributed by atoms with Gasteiger partial charge in [0.25, 0.3) is 0 Å². The maximum Gasteiger partial charge on any atom is 0.304 e. The fraction of sp³-hybridized carbons (Fsp3) is 0.300. The molecule has 3 rings (SSSR count). The van der Waals surface area contributed by atoms with Crippen LogP contribution in [0.4, 0.5) is 4.39 Å². The summed E-state index contributed by atoms with van der Waals surface area (Å²) >= 11 is 0. The van der Waals surface area contributed by atoms with Crippen LogP contribution in [0, 0.1) is 11.2 Å². The molecule has 0 radical (unpaired) electrons. The van der Waals surface area contributed by atoms with Gasteiger partial charge in [-0.15, -0.1) is 6.58 Å². The maximum atomic E-state index is 14.8. The first-order valence-corrected chi connectivity index (χ1v) is 11.6. The molecule has 1 atom stereocenters. The molecular formula is C30H33FO4. The summed E-state index contributed by atoms with van der Waals surface area (Å²) in [5.41, 5.74) is 4.11. The number of halogens is 1. The van der Waals surface area contributed by atoms with Gasteiger partial charge in [-0.25, -0.2) is 4.39 Å². The predicted octanol–water partition coefficient (Wildman–Crippen LogP) is 7.41. The zero-order valence-corrected chi connectivity index (χ0v) is 20.8. The smallest absolute Gasteiger partial charge is 0.304 e. The van der Waals surface area contributed by atoms with Crippen LogP contribution in [0.3, 0.4) is 0 Å². The molecule has 0 saturated carbocycles. The summed E-state index contributed by atoms with van der Waals surface area (Å²) in [6, 6.07) is 18.2. The minimum Gasteiger partial charge on any atom is -0.497 e. The van der Waals surface area contributed by atoms with E-state index in [1.54, 1.807) is 25.3 Å². The third-order valence-electron chi connectivity index (χ3n) is 5.72. The number of methoxy groups -OCH3 is 1. The minimum atomic E-state index is -0.865. The van der Waals surface area contributed by atoms with Crippen molar-refractivity contribution in [1.82, 2.24) is 0 Å². The van der Waals surface area contributed by atoms with Gasteiger partial charge in [0, 0.05) is 11.5 Å². The molecule has 0 heterocycles. The van der Waals surface area contributed by atoms with Gasteiger partial charge in [0.1, 0.15) is 23.9 Å². The first-order chi connectivity index (χ1) is 16.6. The largest absolute Gasteiger partial charge is 0.497 e. The summed E-state index contributed by atoms with van der Waals surface area (Å²) in [5, 5.41) is 9.15. The molecule has 4 nitrogen and oxygen atoms in total. The van der Waals surface area contributed by atoms with Gasteiger partial charge in [-0.3, -0.25) is 4.79 Å². The lowest BCUT2D eigenvalue weighted by molar-refractivity contribution is -0.137. The fourth-order valence-electron chi connectivity index (χ4n) is 4.08. The van der Waals surface area contributed by atoms with Crippen LogP contribution in [-0.4, -0.2) is 18.2 Å². The maximum absolute atomic E-state index is 14.8. The molecule has 0 saturated heterocycles. The molecule has 0 spiro atoms. The third kappa shape index (κ3) is 7.19. The second kappa shape index (κ2) is 11.2. The monoisotopic (exact) mass is 476 g/mol. The Balaban J connectivity index is 1.88. The quantitative estimate of drug-likeness (QED) is 0.310. The van der Waals surface area contributed by atoms with Crippen LogP contribution in [0.15, 0.2) is 73.3 Å². The lowest BCUT2D eigenvalue weighted by Gasteiger charge is -2.22. The van der Waals surface area contributed by atoms with Crippen LogP contribution in [0.5, 0.6) is 11.5 Å². The van der Waals surface area contributed by atoms with Gasteiger partial charge < -0.3 is 14.6 Å². The van der Waals surface area contributed by atoms with Crippen LogP contribution in [0.1, 0.15) is 49.8 Å². The van der Waals surface area contributed by atoms with E-state index in [0.29, 0.717) is 23.7 Å². The molecule has 0 aromatic heterocycles. The highest BCUT2D eigenvalue weighted by atomic mass is 19.1. The van der Waals surface area contributed by atoms with Crippen LogP contribution in [0.2, 0.25) is 0 Å². The summed E-state index contributed by atoms with van der Waals surface area (Å²) in [7, 11) is 1.57. The average molecular weight is 477 g/mol. The third-order valence-corrected chi connectivity index (χ3v) is 5.72. The number of aliphatic carboxylic acids is 1. The molecule has 3 aromatic rings. The van der Waals surface area contributed by atoms with Crippen molar-refractivity contribution in [3.05, 3.63) is 95.8 Å². The Morgan fingerprint density at radius 3 is 2.46 bits per heavy atom. The number of benzene rings is 3. The van der Waals surface area contributed by atoms with E-state index < -0.39 is 5.97 Å². The topological polar surface area (TPSA) is 55.8 Å². The molecule has 0 aliphatic heterocycles. The number of carboxylic acid groups (broad SMARTS) is 1. The van der Waals surface area contributed by atoms with Gasteiger partial charge in [0.05, 0.1) is 13.5 Å². The molecule has 184 valence electrons. The van der Waals surface area contributed by atoms with E-state index in [2.05, 4.69) is 27.4 Å². The van der Waals surface area contributed by atoms with Crippen molar-refractivity contribution in [3.8, 4) is 22.6 Å². The van der Waals surface area contributed by atoms with E-state index in [0.717, 1.165) is 28.7 Å². The summed E-state index contributed by atoms with van der Waals surface area (Å²) < 4.78 is 26.2. The SMILES string of the molecule is C=CC(CC(=O)O)c1cccc(COc2ccc(-c3cc(OC)ccc3F)c(CC(C)(C)C)c2)c1. The normalized spacial score (nSPS) is 12.1. The van der Waals surface area contributed by atoms with Crippen molar-refractivity contribution in [2.24, 2.45) is 5.41 Å².